The molecule has 0 saturated heterocycles. The molecule has 0 aliphatic rings. The van der Waals surface area contributed by atoms with Crippen LogP contribution in [0.2, 0.25) is 10.0 Å². The van der Waals surface area contributed by atoms with Crippen LogP contribution in [0.15, 0.2) is 22.7 Å². The number of phenolic OH excluding ortho intramolecular Hbond substituents is 1. The molecule has 0 amide bonds. The van der Waals surface area contributed by atoms with Crippen molar-refractivity contribution >= 4 is 44.9 Å². The van der Waals surface area contributed by atoms with Crippen LogP contribution in [-0.2, 0) is 0 Å². The van der Waals surface area contributed by atoms with Crippen molar-refractivity contribution in [2.24, 2.45) is 0 Å². The second kappa shape index (κ2) is 4.91. The van der Waals surface area contributed by atoms with Crippen LogP contribution >= 0.6 is 39.1 Å². The smallest absolute Gasteiger partial charge is 0.213 e. The number of carbonyl (C=O) groups excluding carboxylic acids is 1. The zero-order valence-corrected chi connectivity index (χ0v) is 11.7. The zero-order valence-electron chi connectivity index (χ0n) is 8.60. The second-order valence-electron chi connectivity index (χ2n) is 3.46. The number of H-pyrrole nitrogens is 1. The van der Waals surface area contributed by atoms with E-state index in [9.17, 15) is 14.3 Å². The number of hydrogen-bond donors (Lipinski definition) is 2. The predicted molar refractivity (Wildman–Crippen MR) is 70.0 cm³/mol. The molecule has 0 aliphatic carbocycles. The van der Waals surface area contributed by atoms with E-state index in [4.69, 9.17) is 23.2 Å². The van der Waals surface area contributed by atoms with Gasteiger partial charge >= 0.3 is 0 Å². The van der Waals surface area contributed by atoms with Crippen molar-refractivity contribution in [3.8, 4) is 5.75 Å². The van der Waals surface area contributed by atoms with Gasteiger partial charge in [-0.25, -0.2) is 0 Å². The van der Waals surface area contributed by atoms with E-state index in [2.05, 4.69) is 20.9 Å². The molecule has 2 aromatic rings. The minimum atomic E-state index is -0.675. The monoisotopic (exact) mass is 351 g/mol. The number of aromatic nitrogens is 1. The van der Waals surface area contributed by atoms with Gasteiger partial charge in [0.25, 0.3) is 0 Å². The van der Waals surface area contributed by atoms with Crippen LogP contribution in [-0.4, -0.2) is 15.9 Å². The Labute approximate surface area is 120 Å². The summed E-state index contributed by atoms with van der Waals surface area (Å²) in [4.78, 5) is 14.3. The van der Waals surface area contributed by atoms with Crippen molar-refractivity contribution in [3.05, 3.63) is 49.9 Å². The second-order valence-corrected chi connectivity index (χ2v) is 5.16. The maximum atomic E-state index is 13.1. The number of ketones is 1. The number of carbonyl (C=O) groups is 1. The Morgan fingerprint density at radius 1 is 1.33 bits per heavy atom. The number of aromatic hydroxyl groups is 1. The highest BCUT2D eigenvalue weighted by Crippen LogP contribution is 2.32. The maximum Gasteiger partial charge on any atom is 0.213 e. The SMILES string of the molecule is O=C(c1cc(Br)c(F)[nH]1)c1cc(Cl)cc(Cl)c1O. The molecule has 3 nitrogen and oxygen atoms in total. The van der Waals surface area contributed by atoms with E-state index in [1.54, 1.807) is 0 Å². The van der Waals surface area contributed by atoms with Crippen molar-refractivity contribution in [3.63, 3.8) is 0 Å². The standard InChI is InChI=1S/C11H5BrCl2FNO2/c12-6-3-8(16-11(6)15)10(18)5-1-4(13)2-7(14)9(5)17/h1-3,16-17H. The Kier molecular flexibility index (Phi) is 3.66. The topological polar surface area (TPSA) is 53.1 Å². The number of aromatic amines is 1. The first kappa shape index (κ1) is 13.4. The van der Waals surface area contributed by atoms with E-state index in [-0.39, 0.29) is 25.8 Å². The Morgan fingerprint density at radius 2 is 2.00 bits per heavy atom. The summed E-state index contributed by atoms with van der Waals surface area (Å²) in [5.41, 5.74) is -0.116. The van der Waals surface area contributed by atoms with Gasteiger partial charge in [0.05, 0.1) is 20.8 Å². The molecule has 94 valence electrons. The molecule has 7 heteroatoms. The van der Waals surface area contributed by atoms with Crippen molar-refractivity contribution in [1.29, 1.82) is 0 Å². The number of phenols is 1. The van der Waals surface area contributed by atoms with Gasteiger partial charge in [0, 0.05) is 5.02 Å². The lowest BCUT2D eigenvalue weighted by molar-refractivity contribution is 0.103. The number of nitrogens with one attached hydrogen (secondary N) is 1. The highest BCUT2D eigenvalue weighted by atomic mass is 79.9. The molecule has 0 bridgehead atoms. The highest BCUT2D eigenvalue weighted by Gasteiger charge is 2.19. The van der Waals surface area contributed by atoms with Gasteiger partial charge in [0.2, 0.25) is 11.7 Å². The van der Waals surface area contributed by atoms with Crippen molar-refractivity contribution in [1.82, 2.24) is 4.98 Å². The lowest BCUT2D eigenvalue weighted by Gasteiger charge is -2.05. The molecule has 1 heterocycles. The van der Waals surface area contributed by atoms with Gasteiger partial charge in [0.1, 0.15) is 5.75 Å². The van der Waals surface area contributed by atoms with Gasteiger partial charge in [0.15, 0.2) is 0 Å². The van der Waals surface area contributed by atoms with E-state index < -0.39 is 17.5 Å². The zero-order chi connectivity index (χ0) is 13.4. The predicted octanol–water partition coefficient (Wildman–Crippen LogP) is 4.16. The van der Waals surface area contributed by atoms with E-state index in [0.717, 1.165) is 0 Å². The lowest BCUT2D eigenvalue weighted by atomic mass is 10.1. The Bertz CT molecular complexity index is 623. The number of benzene rings is 1. The van der Waals surface area contributed by atoms with Crippen LogP contribution in [0, 0.1) is 5.95 Å². The molecule has 2 rings (SSSR count). The molecule has 1 aromatic carbocycles. The first-order chi connectivity index (χ1) is 8.40. The molecule has 1 aromatic heterocycles. The molecule has 0 unspecified atom stereocenters. The van der Waals surface area contributed by atoms with Crippen LogP contribution in [0.4, 0.5) is 4.39 Å². The third kappa shape index (κ3) is 2.39. The van der Waals surface area contributed by atoms with Crippen molar-refractivity contribution < 1.29 is 14.3 Å². The Hall–Kier alpha value is -1.04. The molecular formula is C11H5BrCl2FNO2. The molecule has 0 fully saturated rings. The van der Waals surface area contributed by atoms with Crippen LogP contribution in [0.5, 0.6) is 5.75 Å². The van der Waals surface area contributed by atoms with E-state index in [1.165, 1.54) is 18.2 Å². The Balaban J connectivity index is 2.52. The van der Waals surface area contributed by atoms with Crippen LogP contribution in [0.25, 0.3) is 0 Å². The summed E-state index contributed by atoms with van der Waals surface area (Å²) in [6, 6.07) is 3.84. The fourth-order valence-electron chi connectivity index (χ4n) is 1.41. The highest BCUT2D eigenvalue weighted by molar-refractivity contribution is 9.10. The fourth-order valence-corrected chi connectivity index (χ4v) is 2.23. The maximum absolute atomic E-state index is 13.1. The molecule has 2 N–H and O–H groups in total. The third-order valence-corrected chi connectivity index (χ3v) is 3.33. The Morgan fingerprint density at radius 3 is 2.56 bits per heavy atom. The third-order valence-electron chi connectivity index (χ3n) is 2.24. The van der Waals surface area contributed by atoms with E-state index in [1.807, 2.05) is 0 Å². The molecule has 0 radical (unpaired) electrons. The van der Waals surface area contributed by atoms with Gasteiger partial charge in [-0.15, -0.1) is 0 Å². The molecule has 0 saturated carbocycles. The van der Waals surface area contributed by atoms with Crippen LogP contribution < -0.4 is 0 Å². The van der Waals surface area contributed by atoms with Gasteiger partial charge in [-0.2, -0.15) is 4.39 Å². The van der Waals surface area contributed by atoms with E-state index in [0.29, 0.717) is 0 Å². The van der Waals surface area contributed by atoms with Gasteiger partial charge in [-0.3, -0.25) is 4.79 Å². The average molecular weight is 353 g/mol. The first-order valence-electron chi connectivity index (χ1n) is 4.67. The number of rotatable bonds is 2. The van der Waals surface area contributed by atoms with Crippen molar-refractivity contribution in [2.45, 2.75) is 0 Å². The summed E-state index contributed by atoms with van der Waals surface area (Å²) in [5.74, 6) is -1.68. The van der Waals surface area contributed by atoms with Crippen molar-refractivity contribution in [2.75, 3.05) is 0 Å². The quantitative estimate of drug-likeness (QED) is 0.797. The fraction of sp³-hybridized carbons (Fsp3) is 0. The molecule has 0 aliphatic heterocycles. The summed E-state index contributed by atoms with van der Waals surface area (Å²) in [7, 11) is 0. The van der Waals surface area contributed by atoms with Gasteiger partial charge in [-0.1, -0.05) is 23.2 Å². The molecule has 18 heavy (non-hydrogen) atoms. The minimum absolute atomic E-state index is 0.0204. The summed E-state index contributed by atoms with van der Waals surface area (Å²) >= 11 is 14.4. The van der Waals surface area contributed by atoms with Crippen LogP contribution in [0.3, 0.4) is 0 Å². The molecule has 0 atom stereocenters. The summed E-state index contributed by atoms with van der Waals surface area (Å²) in [5, 5.41) is 9.86. The summed E-state index contributed by atoms with van der Waals surface area (Å²) in [6.45, 7) is 0. The lowest BCUT2D eigenvalue weighted by Crippen LogP contribution is -2.02. The van der Waals surface area contributed by atoms with Gasteiger partial charge < -0.3 is 10.1 Å². The summed E-state index contributed by atoms with van der Waals surface area (Å²) in [6.07, 6.45) is 0. The van der Waals surface area contributed by atoms with Crippen LogP contribution in [0.1, 0.15) is 16.1 Å². The van der Waals surface area contributed by atoms with E-state index >= 15 is 0 Å². The largest absolute Gasteiger partial charge is 0.506 e. The molecule has 0 spiro atoms. The summed E-state index contributed by atoms with van der Waals surface area (Å²) < 4.78 is 13.2. The first-order valence-corrected chi connectivity index (χ1v) is 6.21. The number of hydrogen-bond acceptors (Lipinski definition) is 2. The average Bonchev–Trinajstić information content (AvgIpc) is 2.63. The normalized spacial score (nSPS) is 10.7. The minimum Gasteiger partial charge on any atom is -0.506 e. The molecular weight excluding hydrogens is 348 g/mol. The number of halogens is 4. The van der Waals surface area contributed by atoms with Gasteiger partial charge in [-0.05, 0) is 34.1 Å².